The zero-order valence-corrected chi connectivity index (χ0v) is 35.6. The molecule has 1 aliphatic heterocycles. The molecule has 3 aliphatic carbocycles. The second-order valence-electron chi connectivity index (χ2n) is 17.2. The fourth-order valence-electron chi connectivity index (χ4n) is 9.64. The van der Waals surface area contributed by atoms with Gasteiger partial charge in [0.1, 0.15) is 5.75 Å². The second kappa shape index (κ2) is 19.9. The van der Waals surface area contributed by atoms with E-state index in [4.69, 9.17) is 18.9 Å². The third-order valence-corrected chi connectivity index (χ3v) is 15.2. The molecule has 1 heterocycles. The van der Waals surface area contributed by atoms with Crippen LogP contribution in [-0.2, 0) is 25.4 Å². The molecule has 0 bridgehead atoms. The molecule has 4 aliphatic rings. The summed E-state index contributed by atoms with van der Waals surface area (Å²) in [6, 6.07) is 6.40. The molecule has 1 aromatic rings. The summed E-state index contributed by atoms with van der Waals surface area (Å²) in [5.41, 5.74) is -3.87. The van der Waals surface area contributed by atoms with Gasteiger partial charge in [-0.05, 0) is 145 Å². The summed E-state index contributed by atoms with van der Waals surface area (Å²) in [6.45, 7) is 8.70. The van der Waals surface area contributed by atoms with Gasteiger partial charge in [-0.3, -0.25) is 0 Å². The summed E-state index contributed by atoms with van der Waals surface area (Å²) in [4.78, 5) is 2.41. The topological polar surface area (TPSA) is 49.4 Å². The van der Waals surface area contributed by atoms with E-state index >= 15 is 0 Å². The van der Waals surface area contributed by atoms with Crippen LogP contribution in [0.2, 0.25) is 0 Å². The lowest BCUT2D eigenvalue weighted by atomic mass is 9.55. The molecular formula is C41H60F9NO5S2. The average Bonchev–Trinajstić information content (AvgIpc) is 3.47. The van der Waals surface area contributed by atoms with Crippen LogP contribution in [0.15, 0.2) is 18.2 Å². The molecule has 3 fully saturated rings. The molecule has 0 unspecified atom stereocenters. The monoisotopic (exact) mass is 881 g/mol. The lowest BCUT2D eigenvalue weighted by Crippen LogP contribution is -2.67. The van der Waals surface area contributed by atoms with Crippen molar-refractivity contribution >= 4 is 21.6 Å². The number of fused-ring (bicyclic) bond motifs is 5. The van der Waals surface area contributed by atoms with Crippen LogP contribution < -0.4 is 4.74 Å². The van der Waals surface area contributed by atoms with E-state index in [1.165, 1.54) is 24.0 Å². The van der Waals surface area contributed by atoms with Gasteiger partial charge >= 0.3 is 24.1 Å². The van der Waals surface area contributed by atoms with Gasteiger partial charge in [0.25, 0.3) is 0 Å². The molecule has 6 nitrogen and oxygen atoms in total. The zero-order chi connectivity index (χ0) is 42.4. The molecule has 0 radical (unpaired) electrons. The van der Waals surface area contributed by atoms with E-state index < -0.39 is 42.9 Å². The SMILES string of the molecule is CN(CCCCC1COC(C)(C)OC1)CCCSSCCOc1ccc2c(c1)CC[C@@H]1[C@@H]2CC[C@]2(C)[C@@H](OCCCOC(C(F)(F)F)(C(F)(F)F)C(F)(F)F)CC[C@@H]12. The first-order chi connectivity index (χ1) is 27.2. The minimum atomic E-state index is -6.74. The Balaban J connectivity index is 0.966. The normalized spacial score (nSPS) is 26.7. The summed E-state index contributed by atoms with van der Waals surface area (Å²) in [7, 11) is 5.91. The summed E-state index contributed by atoms with van der Waals surface area (Å²) in [6.07, 6.45) is -11.2. The standard InChI is InChI=1S/C41H60F9NO5S2/c1-36(2)55-26-28(27-56-36)9-5-6-18-51(4)19-7-23-57-58-24-22-52-30-11-13-31-29(25-30)10-12-33-32(31)16-17-37(3)34(33)14-15-35(37)53-20-8-21-54-38(39(42,43)44,40(45,46)47)41(48,49)50/h11,13,25,28,32-35H,5-10,12,14-24,26-27H2,1-4H3/t32-,33-,34+,35+,37+/m1/s1. The fraction of sp³-hybridized carbons (Fsp3) is 0.854. The number of aryl methyl sites for hydroxylation is 1. The molecule has 5 rings (SSSR count). The van der Waals surface area contributed by atoms with Crippen molar-refractivity contribution in [3.8, 4) is 5.75 Å². The van der Waals surface area contributed by atoms with E-state index in [2.05, 4.69) is 35.7 Å². The number of halogens is 9. The van der Waals surface area contributed by atoms with Crippen molar-refractivity contribution in [2.75, 3.05) is 64.7 Å². The van der Waals surface area contributed by atoms with Crippen molar-refractivity contribution in [3.05, 3.63) is 29.3 Å². The first-order valence-electron chi connectivity index (χ1n) is 20.6. The van der Waals surface area contributed by atoms with Gasteiger partial charge in [0.15, 0.2) is 5.79 Å². The van der Waals surface area contributed by atoms with Crippen molar-refractivity contribution in [2.24, 2.45) is 23.2 Å². The number of hydrogen-bond acceptors (Lipinski definition) is 8. The summed E-state index contributed by atoms with van der Waals surface area (Å²) in [5.74, 6) is 3.98. The first kappa shape index (κ1) is 47.9. The maximum atomic E-state index is 13.2. The Labute approximate surface area is 345 Å². The van der Waals surface area contributed by atoms with Crippen LogP contribution in [0.25, 0.3) is 0 Å². The van der Waals surface area contributed by atoms with E-state index in [0.717, 1.165) is 88.5 Å². The minimum absolute atomic E-state index is 0.249. The quantitative estimate of drug-likeness (QED) is 0.0729. The Morgan fingerprint density at radius 2 is 1.45 bits per heavy atom. The minimum Gasteiger partial charge on any atom is -0.493 e. The molecule has 334 valence electrons. The molecule has 0 aromatic heterocycles. The van der Waals surface area contributed by atoms with Gasteiger partial charge < -0.3 is 28.6 Å². The van der Waals surface area contributed by atoms with Crippen LogP contribution in [0.3, 0.4) is 0 Å². The van der Waals surface area contributed by atoms with E-state index in [1.54, 1.807) is 0 Å². The van der Waals surface area contributed by atoms with Crippen LogP contribution in [-0.4, -0.2) is 106 Å². The predicted molar refractivity (Wildman–Crippen MR) is 208 cm³/mol. The van der Waals surface area contributed by atoms with Gasteiger partial charge in [0.05, 0.1) is 32.5 Å². The summed E-state index contributed by atoms with van der Waals surface area (Å²) >= 11 is 0. The number of unbranched alkanes of at least 4 members (excludes halogenated alkanes) is 1. The van der Waals surface area contributed by atoms with Gasteiger partial charge in [0, 0.05) is 24.0 Å². The molecule has 0 spiro atoms. The molecule has 1 aromatic carbocycles. The highest BCUT2D eigenvalue weighted by atomic mass is 33.1. The maximum absolute atomic E-state index is 13.2. The predicted octanol–water partition coefficient (Wildman–Crippen LogP) is 11.4. The summed E-state index contributed by atoms with van der Waals surface area (Å²) in [5, 5.41) is 0. The molecule has 2 saturated carbocycles. The molecule has 0 N–H and O–H groups in total. The molecule has 0 amide bonds. The lowest BCUT2D eigenvalue weighted by Gasteiger charge is -2.50. The Kier molecular flexibility index (Phi) is 16.5. The van der Waals surface area contributed by atoms with E-state index in [-0.39, 0.29) is 18.1 Å². The smallest absolute Gasteiger partial charge is 0.435 e. The molecular weight excluding hydrogens is 822 g/mol. The van der Waals surface area contributed by atoms with Crippen molar-refractivity contribution in [1.29, 1.82) is 0 Å². The van der Waals surface area contributed by atoms with Crippen LogP contribution in [0, 0.1) is 23.2 Å². The largest absolute Gasteiger partial charge is 0.493 e. The van der Waals surface area contributed by atoms with Crippen molar-refractivity contribution in [2.45, 2.75) is 133 Å². The van der Waals surface area contributed by atoms with Gasteiger partial charge in [-0.1, -0.05) is 41.0 Å². The van der Waals surface area contributed by atoms with Crippen LogP contribution in [0.1, 0.15) is 102 Å². The molecule has 5 atom stereocenters. The Bertz CT molecular complexity index is 1400. The third kappa shape index (κ3) is 11.5. The van der Waals surface area contributed by atoms with Crippen LogP contribution >= 0.6 is 21.6 Å². The van der Waals surface area contributed by atoms with Gasteiger partial charge in [-0.2, -0.15) is 39.5 Å². The number of rotatable bonds is 20. The Morgan fingerprint density at radius 3 is 2.14 bits per heavy atom. The van der Waals surface area contributed by atoms with E-state index in [0.29, 0.717) is 36.7 Å². The zero-order valence-electron chi connectivity index (χ0n) is 34.0. The number of nitrogens with zero attached hydrogens (tertiary/aromatic N) is 1. The average molecular weight is 882 g/mol. The number of alkyl halides is 9. The maximum Gasteiger partial charge on any atom is 0.435 e. The van der Waals surface area contributed by atoms with E-state index in [1.807, 2.05) is 41.5 Å². The highest BCUT2D eigenvalue weighted by Gasteiger charge is 2.85. The van der Waals surface area contributed by atoms with Gasteiger partial charge in [-0.15, -0.1) is 0 Å². The number of ether oxygens (including phenoxy) is 5. The van der Waals surface area contributed by atoms with Crippen LogP contribution in [0.5, 0.6) is 5.75 Å². The fourth-order valence-corrected chi connectivity index (χ4v) is 11.5. The lowest BCUT2D eigenvalue weighted by molar-refractivity contribution is -0.457. The summed E-state index contributed by atoms with van der Waals surface area (Å²) < 4.78 is 146. The number of benzene rings is 1. The first-order valence-corrected chi connectivity index (χ1v) is 23.1. The molecule has 1 saturated heterocycles. The van der Waals surface area contributed by atoms with Crippen molar-refractivity contribution in [1.82, 2.24) is 4.90 Å². The second-order valence-corrected chi connectivity index (χ2v) is 19.9. The Morgan fingerprint density at radius 1 is 0.776 bits per heavy atom. The number of hydrogen-bond donors (Lipinski definition) is 0. The Hall–Kier alpha value is -1.11. The highest BCUT2D eigenvalue weighted by molar-refractivity contribution is 8.76. The van der Waals surface area contributed by atoms with Gasteiger partial charge in [-0.25, -0.2) is 0 Å². The van der Waals surface area contributed by atoms with Crippen molar-refractivity contribution in [3.63, 3.8) is 0 Å². The molecule has 17 heteroatoms. The third-order valence-electron chi connectivity index (χ3n) is 12.8. The molecule has 58 heavy (non-hydrogen) atoms. The van der Waals surface area contributed by atoms with Crippen molar-refractivity contribution < 1.29 is 63.2 Å². The highest BCUT2D eigenvalue weighted by Crippen LogP contribution is 2.62. The van der Waals surface area contributed by atoms with Gasteiger partial charge in [0.2, 0.25) is 0 Å². The van der Waals surface area contributed by atoms with E-state index in [9.17, 15) is 39.5 Å². The van der Waals surface area contributed by atoms with Crippen LogP contribution in [0.4, 0.5) is 39.5 Å².